The fraction of sp³-hybridized carbons (Fsp3) is 0.562. The van der Waals surface area contributed by atoms with Crippen LogP contribution in [-0.2, 0) is 4.79 Å². The van der Waals surface area contributed by atoms with Gasteiger partial charge in [0, 0.05) is 11.0 Å². The van der Waals surface area contributed by atoms with Gasteiger partial charge < -0.3 is 15.2 Å². The van der Waals surface area contributed by atoms with Gasteiger partial charge in [0.1, 0.15) is 5.75 Å². The Hall–Kier alpha value is -1.07. The molecule has 0 heterocycles. The quantitative estimate of drug-likeness (QED) is 0.853. The summed E-state index contributed by atoms with van der Waals surface area (Å²) in [5.74, 6) is 1.10. The number of hydrogen-bond donors (Lipinski definition) is 2. The molecule has 1 saturated carbocycles. The van der Waals surface area contributed by atoms with E-state index < -0.39 is 5.60 Å². The molecule has 4 nitrogen and oxygen atoms in total. The van der Waals surface area contributed by atoms with Crippen LogP contribution in [0.15, 0.2) is 28.7 Å². The summed E-state index contributed by atoms with van der Waals surface area (Å²) < 4.78 is 6.32. The molecule has 1 aromatic carbocycles. The molecule has 1 aliphatic carbocycles. The number of carbonyl (C=O) groups is 1. The minimum Gasteiger partial charge on any atom is -0.484 e. The highest BCUT2D eigenvalue weighted by atomic mass is 79.9. The van der Waals surface area contributed by atoms with E-state index in [9.17, 15) is 9.90 Å². The standard InChI is InChI=1S/C16H22BrNO3/c1-12-5-7-16(20,8-6-12)11-18-15(19)10-21-14-4-2-3-13(17)9-14/h2-4,9,12,20H,5-8,10-11H2,1H3,(H,18,19). The predicted octanol–water partition coefficient (Wildman–Crippen LogP) is 2.89. The Labute approximate surface area is 134 Å². The first kappa shape index (κ1) is 16.3. The van der Waals surface area contributed by atoms with Gasteiger partial charge in [-0.05, 0) is 49.8 Å². The Balaban J connectivity index is 1.72. The third kappa shape index (κ3) is 5.32. The molecule has 5 heteroatoms. The molecule has 0 aliphatic heterocycles. The number of amides is 1. The van der Waals surface area contributed by atoms with Crippen LogP contribution in [0.25, 0.3) is 0 Å². The van der Waals surface area contributed by atoms with Gasteiger partial charge in [0.25, 0.3) is 5.91 Å². The van der Waals surface area contributed by atoms with Crippen molar-refractivity contribution >= 4 is 21.8 Å². The van der Waals surface area contributed by atoms with Crippen molar-refractivity contribution < 1.29 is 14.6 Å². The summed E-state index contributed by atoms with van der Waals surface area (Å²) >= 11 is 3.35. The topological polar surface area (TPSA) is 58.6 Å². The Morgan fingerprint density at radius 1 is 1.48 bits per heavy atom. The first-order valence-corrected chi connectivity index (χ1v) is 8.14. The summed E-state index contributed by atoms with van der Waals surface area (Å²) in [7, 11) is 0. The second-order valence-electron chi connectivity index (χ2n) is 5.93. The molecule has 0 spiro atoms. The van der Waals surface area contributed by atoms with Crippen molar-refractivity contribution in [1.29, 1.82) is 0 Å². The average Bonchev–Trinajstić information content (AvgIpc) is 2.47. The minimum atomic E-state index is -0.752. The maximum absolute atomic E-state index is 11.8. The van der Waals surface area contributed by atoms with E-state index >= 15 is 0 Å². The molecule has 1 amide bonds. The molecule has 1 aromatic rings. The summed E-state index contributed by atoms with van der Waals surface area (Å²) in [5.41, 5.74) is -0.752. The summed E-state index contributed by atoms with van der Waals surface area (Å²) in [6, 6.07) is 7.35. The minimum absolute atomic E-state index is 0.0388. The smallest absolute Gasteiger partial charge is 0.258 e. The number of rotatable bonds is 5. The average molecular weight is 356 g/mol. The first-order chi connectivity index (χ1) is 9.97. The van der Waals surface area contributed by atoms with Gasteiger partial charge in [0.2, 0.25) is 0 Å². The van der Waals surface area contributed by atoms with Gasteiger partial charge in [-0.2, -0.15) is 0 Å². The van der Waals surface area contributed by atoms with Crippen molar-refractivity contribution in [1.82, 2.24) is 5.32 Å². The summed E-state index contributed by atoms with van der Waals surface area (Å²) in [6.45, 7) is 2.47. The van der Waals surface area contributed by atoms with Gasteiger partial charge in [-0.3, -0.25) is 4.79 Å². The third-order valence-corrected chi connectivity index (χ3v) is 4.48. The summed E-state index contributed by atoms with van der Waals surface area (Å²) in [5, 5.41) is 13.2. The zero-order chi connectivity index (χ0) is 15.3. The second kappa shape index (κ2) is 7.27. The van der Waals surface area contributed by atoms with E-state index in [1.165, 1.54) is 0 Å². The van der Waals surface area contributed by atoms with Crippen LogP contribution in [0.4, 0.5) is 0 Å². The van der Waals surface area contributed by atoms with E-state index in [-0.39, 0.29) is 12.5 Å². The third-order valence-electron chi connectivity index (χ3n) is 3.99. The van der Waals surface area contributed by atoms with E-state index in [4.69, 9.17) is 4.74 Å². The molecule has 0 radical (unpaired) electrons. The number of carbonyl (C=O) groups excluding carboxylic acids is 1. The van der Waals surface area contributed by atoms with Crippen LogP contribution in [0.3, 0.4) is 0 Å². The van der Waals surface area contributed by atoms with Crippen LogP contribution in [0.1, 0.15) is 32.6 Å². The van der Waals surface area contributed by atoms with Crippen LogP contribution in [-0.4, -0.2) is 29.8 Å². The Kier molecular flexibility index (Phi) is 5.65. The molecule has 2 rings (SSSR count). The molecule has 0 bridgehead atoms. The highest BCUT2D eigenvalue weighted by Crippen LogP contribution is 2.31. The van der Waals surface area contributed by atoms with Gasteiger partial charge in [-0.25, -0.2) is 0 Å². The molecule has 116 valence electrons. The monoisotopic (exact) mass is 355 g/mol. The van der Waals surface area contributed by atoms with Gasteiger partial charge in [0.15, 0.2) is 6.61 Å². The maximum atomic E-state index is 11.8. The van der Waals surface area contributed by atoms with Crippen molar-refractivity contribution in [3.8, 4) is 5.75 Å². The van der Waals surface area contributed by atoms with Gasteiger partial charge >= 0.3 is 0 Å². The molecule has 1 aliphatic rings. The Morgan fingerprint density at radius 2 is 2.19 bits per heavy atom. The van der Waals surface area contributed by atoms with Gasteiger partial charge in [0.05, 0.1) is 5.60 Å². The van der Waals surface area contributed by atoms with Crippen molar-refractivity contribution in [3.05, 3.63) is 28.7 Å². The second-order valence-corrected chi connectivity index (χ2v) is 6.85. The lowest BCUT2D eigenvalue weighted by molar-refractivity contribution is -0.124. The van der Waals surface area contributed by atoms with E-state index in [1.54, 1.807) is 6.07 Å². The molecule has 21 heavy (non-hydrogen) atoms. The predicted molar refractivity (Wildman–Crippen MR) is 85.2 cm³/mol. The van der Waals surface area contributed by atoms with E-state index in [2.05, 4.69) is 28.2 Å². The highest BCUT2D eigenvalue weighted by Gasteiger charge is 2.31. The normalized spacial score (nSPS) is 25.4. The first-order valence-electron chi connectivity index (χ1n) is 7.34. The molecule has 0 atom stereocenters. The van der Waals surface area contributed by atoms with E-state index in [0.717, 1.165) is 30.2 Å². The fourth-order valence-electron chi connectivity index (χ4n) is 2.50. The largest absolute Gasteiger partial charge is 0.484 e. The molecule has 2 N–H and O–H groups in total. The van der Waals surface area contributed by atoms with Crippen molar-refractivity contribution in [2.45, 2.75) is 38.2 Å². The summed E-state index contributed by atoms with van der Waals surface area (Å²) in [6.07, 6.45) is 3.53. The number of hydrogen-bond acceptors (Lipinski definition) is 3. The lowest BCUT2D eigenvalue weighted by Crippen LogP contribution is -2.46. The van der Waals surface area contributed by atoms with E-state index in [0.29, 0.717) is 18.2 Å². The molecule has 0 saturated heterocycles. The SMILES string of the molecule is CC1CCC(O)(CNC(=O)COc2cccc(Br)c2)CC1. The number of aliphatic hydroxyl groups is 1. The number of halogens is 1. The van der Waals surface area contributed by atoms with Crippen LogP contribution < -0.4 is 10.1 Å². The zero-order valence-electron chi connectivity index (χ0n) is 12.3. The fourth-order valence-corrected chi connectivity index (χ4v) is 2.87. The van der Waals surface area contributed by atoms with Gasteiger partial charge in [-0.1, -0.05) is 28.9 Å². The number of nitrogens with one attached hydrogen (secondary N) is 1. The maximum Gasteiger partial charge on any atom is 0.258 e. The van der Waals surface area contributed by atoms with Gasteiger partial charge in [-0.15, -0.1) is 0 Å². The molecule has 0 aromatic heterocycles. The summed E-state index contributed by atoms with van der Waals surface area (Å²) in [4.78, 5) is 11.8. The van der Waals surface area contributed by atoms with E-state index in [1.807, 2.05) is 18.2 Å². The molecular formula is C16H22BrNO3. The zero-order valence-corrected chi connectivity index (χ0v) is 13.9. The molecule has 1 fully saturated rings. The number of ether oxygens (including phenoxy) is 1. The molecular weight excluding hydrogens is 334 g/mol. The lowest BCUT2D eigenvalue weighted by Gasteiger charge is -2.34. The van der Waals surface area contributed by atoms with Crippen LogP contribution in [0.2, 0.25) is 0 Å². The van der Waals surface area contributed by atoms with Crippen LogP contribution in [0.5, 0.6) is 5.75 Å². The van der Waals surface area contributed by atoms with Crippen molar-refractivity contribution in [2.75, 3.05) is 13.2 Å². The highest BCUT2D eigenvalue weighted by molar-refractivity contribution is 9.10. The van der Waals surface area contributed by atoms with Crippen molar-refractivity contribution in [2.24, 2.45) is 5.92 Å². The number of benzene rings is 1. The Morgan fingerprint density at radius 3 is 2.86 bits per heavy atom. The van der Waals surface area contributed by atoms with Crippen molar-refractivity contribution in [3.63, 3.8) is 0 Å². The Bertz CT molecular complexity index is 484. The lowest BCUT2D eigenvalue weighted by atomic mass is 9.79. The van der Waals surface area contributed by atoms with Crippen LogP contribution >= 0.6 is 15.9 Å². The molecule has 0 unspecified atom stereocenters. The van der Waals surface area contributed by atoms with Crippen LogP contribution in [0, 0.1) is 5.92 Å².